The molecule has 0 bridgehead atoms. The minimum absolute atomic E-state index is 0.0489. The van der Waals surface area contributed by atoms with E-state index in [-0.39, 0.29) is 26.2 Å². The Labute approximate surface area is 282 Å². The third-order valence-corrected chi connectivity index (χ3v) is 9.61. The molecule has 4 aromatic rings. The van der Waals surface area contributed by atoms with Crippen LogP contribution in [0.3, 0.4) is 0 Å². The molecule has 0 radical (unpaired) electrons. The topological polar surface area (TPSA) is 146 Å². The molecule has 6 unspecified atom stereocenters. The number of carboxylic acid groups (broad SMARTS) is 1. The molecule has 3 aliphatic heterocycles. The van der Waals surface area contributed by atoms with E-state index in [0.29, 0.717) is 33.7 Å². The molecule has 4 aromatic carbocycles. The van der Waals surface area contributed by atoms with Crippen molar-refractivity contribution in [1.82, 2.24) is 4.90 Å². The van der Waals surface area contributed by atoms with Crippen LogP contribution in [-0.2, 0) is 24.5 Å². The van der Waals surface area contributed by atoms with Gasteiger partial charge in [0.1, 0.15) is 35.8 Å². The number of hydrogen-bond acceptors (Lipinski definition) is 8. The van der Waals surface area contributed by atoms with Gasteiger partial charge < -0.3 is 30.1 Å². The first-order valence-corrected chi connectivity index (χ1v) is 16.1. The highest BCUT2D eigenvalue weighted by Crippen LogP contribution is 2.65. The molecule has 3 aliphatic rings. The van der Waals surface area contributed by atoms with Gasteiger partial charge in [-0.25, -0.2) is 0 Å². The zero-order valence-corrected chi connectivity index (χ0v) is 26.4. The zero-order chi connectivity index (χ0) is 34.1. The minimum Gasteiger partial charge on any atom is -0.491 e. The number of rotatable bonds is 8. The number of morpholine rings is 1. The zero-order valence-electron chi connectivity index (χ0n) is 26.4. The third kappa shape index (κ3) is 5.23. The van der Waals surface area contributed by atoms with Gasteiger partial charge in [0, 0.05) is 23.2 Å². The Morgan fingerprint density at radius 1 is 0.878 bits per heavy atom. The van der Waals surface area contributed by atoms with E-state index >= 15 is 0 Å². The van der Waals surface area contributed by atoms with Crippen LogP contribution in [0.1, 0.15) is 52.4 Å². The van der Waals surface area contributed by atoms with Crippen molar-refractivity contribution in [1.29, 1.82) is 0 Å². The van der Waals surface area contributed by atoms with E-state index < -0.39 is 53.4 Å². The van der Waals surface area contributed by atoms with Crippen molar-refractivity contribution in [3.05, 3.63) is 131 Å². The summed E-state index contributed by atoms with van der Waals surface area (Å²) in [6, 6.07) is 27.6. The highest BCUT2D eigenvalue weighted by Gasteiger charge is 2.74. The number of cyclic esters (lactones) is 1. The Hall–Kier alpha value is -5.47. The molecule has 2 saturated heterocycles. The molecule has 1 amide bonds. The van der Waals surface area contributed by atoms with Gasteiger partial charge >= 0.3 is 11.9 Å². The van der Waals surface area contributed by atoms with E-state index in [1.165, 1.54) is 0 Å². The summed E-state index contributed by atoms with van der Waals surface area (Å²) in [5.41, 5.74) is 1.39. The molecule has 0 aromatic heterocycles. The predicted molar refractivity (Wildman–Crippen MR) is 178 cm³/mol. The van der Waals surface area contributed by atoms with Gasteiger partial charge in [-0.3, -0.25) is 19.3 Å². The summed E-state index contributed by atoms with van der Waals surface area (Å²) in [4.78, 5) is 44.8. The van der Waals surface area contributed by atoms with Crippen molar-refractivity contribution in [3.8, 4) is 17.6 Å². The quantitative estimate of drug-likeness (QED) is 0.162. The number of aliphatic carboxylic acids is 1. The van der Waals surface area contributed by atoms with E-state index in [9.17, 15) is 29.7 Å². The largest absolute Gasteiger partial charge is 0.491 e. The molecule has 248 valence electrons. The van der Waals surface area contributed by atoms with Crippen LogP contribution in [0.15, 0.2) is 103 Å². The van der Waals surface area contributed by atoms with Gasteiger partial charge in [0.05, 0.1) is 25.3 Å². The summed E-state index contributed by atoms with van der Waals surface area (Å²) in [6.45, 7) is -0.451. The predicted octanol–water partition coefficient (Wildman–Crippen LogP) is 4.15. The lowest BCUT2D eigenvalue weighted by atomic mass is 9.65. The van der Waals surface area contributed by atoms with Crippen LogP contribution >= 0.6 is 0 Å². The number of benzene rings is 4. The number of nitrogens with one attached hydrogen (secondary N) is 1. The van der Waals surface area contributed by atoms with Crippen LogP contribution < -0.4 is 10.1 Å². The molecule has 10 heteroatoms. The first-order chi connectivity index (χ1) is 23.9. The van der Waals surface area contributed by atoms with Gasteiger partial charge in [-0.05, 0) is 41.0 Å². The second kappa shape index (κ2) is 13.2. The maximum absolute atomic E-state index is 14.8. The minimum atomic E-state index is -1.86. The Morgan fingerprint density at radius 2 is 1.57 bits per heavy atom. The van der Waals surface area contributed by atoms with E-state index in [0.717, 1.165) is 5.56 Å². The monoisotopic (exact) mass is 658 g/mol. The van der Waals surface area contributed by atoms with Gasteiger partial charge in [0.15, 0.2) is 0 Å². The number of aliphatic hydroxyl groups is 2. The summed E-state index contributed by atoms with van der Waals surface area (Å²) in [5.74, 6) is 1.98. The number of carboxylic acids is 1. The summed E-state index contributed by atoms with van der Waals surface area (Å²) in [6.07, 6.45) is -0.624. The van der Waals surface area contributed by atoms with Crippen LogP contribution in [0.2, 0.25) is 0 Å². The maximum Gasteiger partial charge on any atom is 0.325 e. The van der Waals surface area contributed by atoms with Crippen LogP contribution in [-0.4, -0.2) is 63.9 Å². The van der Waals surface area contributed by atoms with E-state index in [4.69, 9.17) is 9.47 Å². The Kier molecular flexibility index (Phi) is 8.65. The van der Waals surface area contributed by atoms with Gasteiger partial charge in [-0.15, -0.1) is 0 Å². The maximum atomic E-state index is 14.8. The van der Waals surface area contributed by atoms with Crippen LogP contribution in [0.5, 0.6) is 5.75 Å². The van der Waals surface area contributed by atoms with Gasteiger partial charge in [0.25, 0.3) is 0 Å². The molecule has 6 atom stereocenters. The molecule has 49 heavy (non-hydrogen) atoms. The molecule has 3 heterocycles. The smallest absolute Gasteiger partial charge is 0.325 e. The van der Waals surface area contributed by atoms with E-state index in [1.807, 2.05) is 65.6 Å². The van der Waals surface area contributed by atoms with Crippen molar-refractivity contribution in [2.75, 3.05) is 25.1 Å². The Balaban J connectivity index is 1.56. The molecule has 0 aliphatic carbocycles. The number of esters is 1. The van der Waals surface area contributed by atoms with Gasteiger partial charge in [0.2, 0.25) is 5.91 Å². The second-order valence-corrected chi connectivity index (χ2v) is 12.2. The average Bonchev–Trinajstić information content (AvgIpc) is 3.60. The van der Waals surface area contributed by atoms with Crippen molar-refractivity contribution in [2.24, 2.45) is 5.92 Å². The average molecular weight is 659 g/mol. The lowest BCUT2D eigenvalue weighted by Gasteiger charge is -2.46. The van der Waals surface area contributed by atoms with Crippen molar-refractivity contribution in [3.63, 3.8) is 0 Å². The van der Waals surface area contributed by atoms with Gasteiger partial charge in [-0.1, -0.05) is 90.7 Å². The number of aliphatic hydroxyl groups excluding tert-OH is 2. The number of hydrogen-bond donors (Lipinski definition) is 4. The van der Waals surface area contributed by atoms with E-state index in [1.54, 1.807) is 42.5 Å². The highest BCUT2D eigenvalue weighted by atomic mass is 16.6. The van der Waals surface area contributed by atoms with Crippen LogP contribution in [0, 0.1) is 17.8 Å². The molecule has 4 N–H and O–H groups in total. The molecular weight excluding hydrogens is 624 g/mol. The fourth-order valence-corrected chi connectivity index (χ4v) is 7.84. The Bertz CT molecular complexity index is 1960. The first kappa shape index (κ1) is 32.1. The molecular formula is C39H34N2O8. The fourth-order valence-electron chi connectivity index (χ4n) is 7.84. The molecule has 2 fully saturated rings. The molecule has 1 spiro atoms. The summed E-state index contributed by atoms with van der Waals surface area (Å²) in [5, 5.41) is 33.1. The lowest BCUT2D eigenvalue weighted by Crippen LogP contribution is -2.52. The number of carbonyl (C=O) groups is 3. The number of fused-ring (bicyclic) bond motifs is 3. The number of amides is 1. The first-order valence-electron chi connectivity index (χ1n) is 16.1. The highest BCUT2D eigenvalue weighted by molar-refractivity contribution is 6.11. The standard InChI is InChI=1S/C39H34N2O8/c42-20-10-9-11-24-18-19-29-28(23-24)39(38(47)40-29)31(36(44)45)33-37(46)49-34(26-14-5-2-6-15-26)32(25-12-3-1-4-13-25)41(33)35(39)27-16-7-8-17-30(27)48-22-21-43/h1-8,12-19,23,31-35,42-43H,10,20-22H2,(H,40,47)(H,44,45). The van der Waals surface area contributed by atoms with Crippen LogP contribution in [0.4, 0.5) is 5.69 Å². The summed E-state index contributed by atoms with van der Waals surface area (Å²) >= 11 is 0. The van der Waals surface area contributed by atoms with Crippen LogP contribution in [0.25, 0.3) is 0 Å². The third-order valence-electron chi connectivity index (χ3n) is 9.61. The van der Waals surface area contributed by atoms with Crippen molar-refractivity contribution >= 4 is 23.5 Å². The fraction of sp³-hybridized carbons (Fsp3) is 0.256. The summed E-state index contributed by atoms with van der Waals surface area (Å²) < 4.78 is 12.3. The summed E-state index contributed by atoms with van der Waals surface area (Å²) in [7, 11) is 0. The van der Waals surface area contributed by atoms with Gasteiger partial charge in [-0.2, -0.15) is 0 Å². The SMILES string of the molecule is O=C1OC(c2ccccc2)C(c2ccccc2)N2C1C(C(=O)O)C1(C(=O)Nc3ccc(C#CCCO)cc31)C2c1ccccc1OCCO. The molecule has 10 nitrogen and oxygen atoms in total. The molecule has 0 saturated carbocycles. The lowest BCUT2D eigenvalue weighted by molar-refractivity contribution is -0.179. The number of anilines is 1. The van der Waals surface area contributed by atoms with Crippen molar-refractivity contribution < 1.29 is 39.2 Å². The number of ether oxygens (including phenoxy) is 2. The normalized spacial score (nSPS) is 25.5. The molecule has 7 rings (SSSR count). The van der Waals surface area contributed by atoms with Crippen molar-refractivity contribution in [2.45, 2.75) is 36.1 Å². The second-order valence-electron chi connectivity index (χ2n) is 12.2. The Morgan fingerprint density at radius 3 is 2.27 bits per heavy atom. The number of para-hydroxylation sites is 1. The number of nitrogens with zero attached hydrogens (tertiary/aromatic N) is 1. The number of carbonyl (C=O) groups excluding carboxylic acids is 2. The van der Waals surface area contributed by atoms with E-state index in [2.05, 4.69) is 17.2 Å².